The summed E-state index contributed by atoms with van der Waals surface area (Å²) in [4.78, 5) is 28.5. The molecule has 1 aromatic heterocycles. The van der Waals surface area contributed by atoms with Crippen molar-refractivity contribution in [2.45, 2.75) is 45.1 Å². The first kappa shape index (κ1) is 19.4. The van der Waals surface area contributed by atoms with Gasteiger partial charge in [0.2, 0.25) is 5.91 Å². The number of rotatable bonds is 3. The molecule has 1 N–H and O–H groups in total. The average Bonchev–Trinajstić information content (AvgIpc) is 3.19. The van der Waals surface area contributed by atoms with E-state index in [0.29, 0.717) is 42.2 Å². The van der Waals surface area contributed by atoms with Gasteiger partial charge >= 0.3 is 6.03 Å². The first-order valence-corrected chi connectivity index (χ1v) is 10.1. The third-order valence-electron chi connectivity index (χ3n) is 5.80. The van der Waals surface area contributed by atoms with Crippen molar-refractivity contribution in [1.29, 1.82) is 0 Å². The topological polar surface area (TPSA) is 78.7 Å². The van der Waals surface area contributed by atoms with E-state index in [-0.39, 0.29) is 18.0 Å². The lowest BCUT2D eigenvalue weighted by molar-refractivity contribution is -0.129. The molecular weight excluding hydrogens is 375 g/mol. The molecule has 29 heavy (non-hydrogen) atoms. The molecular formula is C21H25FN4O3. The van der Waals surface area contributed by atoms with Gasteiger partial charge in [0.05, 0.1) is 5.56 Å². The number of anilines is 1. The Morgan fingerprint density at radius 2 is 2.03 bits per heavy atom. The molecule has 2 aliphatic rings. The van der Waals surface area contributed by atoms with Crippen LogP contribution in [0.15, 0.2) is 28.8 Å². The van der Waals surface area contributed by atoms with Crippen LogP contribution in [0.4, 0.5) is 15.0 Å². The van der Waals surface area contributed by atoms with E-state index in [4.69, 9.17) is 4.52 Å². The predicted octanol–water partition coefficient (Wildman–Crippen LogP) is 3.80. The van der Waals surface area contributed by atoms with E-state index < -0.39 is 5.82 Å². The highest BCUT2D eigenvalue weighted by molar-refractivity contribution is 5.90. The molecule has 154 valence electrons. The zero-order chi connectivity index (χ0) is 20.4. The summed E-state index contributed by atoms with van der Waals surface area (Å²) in [5.41, 5.74) is 0.893. The highest BCUT2D eigenvalue weighted by Crippen LogP contribution is 2.30. The molecule has 0 bridgehead atoms. The van der Waals surface area contributed by atoms with Gasteiger partial charge in [-0.25, -0.2) is 9.18 Å². The number of nitrogens with zero attached hydrogens (tertiary/aromatic N) is 3. The zero-order valence-electron chi connectivity index (χ0n) is 16.5. The monoisotopic (exact) mass is 400 g/mol. The smallest absolute Gasteiger partial charge is 0.323 e. The molecule has 1 unspecified atom stereocenters. The summed E-state index contributed by atoms with van der Waals surface area (Å²) < 4.78 is 19.3. The molecule has 0 saturated carbocycles. The fraction of sp³-hybridized carbons (Fsp3) is 0.476. The van der Waals surface area contributed by atoms with Crippen LogP contribution in [0.1, 0.15) is 37.7 Å². The zero-order valence-corrected chi connectivity index (χ0v) is 16.5. The van der Waals surface area contributed by atoms with Crippen molar-refractivity contribution in [3.63, 3.8) is 0 Å². The summed E-state index contributed by atoms with van der Waals surface area (Å²) >= 11 is 0. The van der Waals surface area contributed by atoms with E-state index in [0.717, 1.165) is 32.2 Å². The van der Waals surface area contributed by atoms with Gasteiger partial charge in [0.1, 0.15) is 5.82 Å². The number of urea groups is 1. The fourth-order valence-corrected chi connectivity index (χ4v) is 4.18. The molecule has 2 aromatic rings. The Kier molecular flexibility index (Phi) is 5.51. The number of hydrogen-bond acceptors (Lipinski definition) is 4. The molecule has 8 heteroatoms. The van der Waals surface area contributed by atoms with Gasteiger partial charge in [0.15, 0.2) is 11.6 Å². The van der Waals surface area contributed by atoms with Crippen molar-refractivity contribution in [3.05, 3.63) is 35.6 Å². The number of hydrogen-bond donors (Lipinski definition) is 1. The lowest BCUT2D eigenvalue weighted by atomic mass is 10.1. The average molecular weight is 400 g/mol. The van der Waals surface area contributed by atoms with Crippen molar-refractivity contribution in [2.75, 3.05) is 25.0 Å². The van der Waals surface area contributed by atoms with Crippen molar-refractivity contribution in [1.82, 2.24) is 15.0 Å². The van der Waals surface area contributed by atoms with Gasteiger partial charge in [0.25, 0.3) is 0 Å². The molecule has 7 nitrogen and oxygen atoms in total. The maximum Gasteiger partial charge on any atom is 0.323 e. The number of carbonyl (C=O) groups excluding carboxylic acids is 2. The van der Waals surface area contributed by atoms with Crippen LogP contribution in [0.3, 0.4) is 0 Å². The third kappa shape index (κ3) is 3.97. The van der Waals surface area contributed by atoms with Crippen molar-refractivity contribution >= 4 is 17.8 Å². The molecule has 2 fully saturated rings. The molecule has 0 radical (unpaired) electrons. The second-order valence-electron chi connectivity index (χ2n) is 7.66. The molecule has 3 heterocycles. The Morgan fingerprint density at radius 3 is 2.79 bits per heavy atom. The molecule has 1 atom stereocenters. The Balaban J connectivity index is 1.41. The summed E-state index contributed by atoms with van der Waals surface area (Å²) in [6.45, 7) is 3.77. The van der Waals surface area contributed by atoms with E-state index in [1.165, 1.54) is 6.07 Å². The second-order valence-corrected chi connectivity index (χ2v) is 7.66. The standard InChI is InChI=1S/C21H25FN4O3/c1-14-19(16-7-2-3-8-17(16)22)29-24-20(14)23-21(28)25-11-4-6-15(10-13-25)26-12-5-9-18(26)27/h2-3,7-8,15H,4-6,9-13H2,1H3,(H,23,24,28). The number of likely N-dealkylation sites (tertiary alicyclic amines) is 2. The molecule has 1 aromatic carbocycles. The SMILES string of the molecule is Cc1c(NC(=O)N2CCCC(N3CCCC3=O)CC2)noc1-c1ccccc1F. The first-order valence-electron chi connectivity index (χ1n) is 10.1. The predicted molar refractivity (Wildman–Crippen MR) is 106 cm³/mol. The Morgan fingerprint density at radius 1 is 1.21 bits per heavy atom. The van der Waals surface area contributed by atoms with E-state index in [1.54, 1.807) is 30.0 Å². The molecule has 0 spiro atoms. The minimum Gasteiger partial charge on any atom is -0.354 e. The van der Waals surface area contributed by atoms with Gasteiger partial charge in [-0.1, -0.05) is 17.3 Å². The maximum atomic E-state index is 14.0. The van der Waals surface area contributed by atoms with Crippen LogP contribution >= 0.6 is 0 Å². The number of aromatic nitrogens is 1. The van der Waals surface area contributed by atoms with Crippen LogP contribution in [0.25, 0.3) is 11.3 Å². The number of amides is 3. The minimum absolute atomic E-state index is 0.212. The molecule has 3 amide bonds. The summed E-state index contributed by atoms with van der Waals surface area (Å²) in [5, 5.41) is 6.72. The number of benzene rings is 1. The molecule has 0 aliphatic carbocycles. The number of halogens is 1. The van der Waals surface area contributed by atoms with Gasteiger partial charge in [-0.2, -0.15) is 0 Å². The van der Waals surface area contributed by atoms with Crippen LogP contribution < -0.4 is 5.32 Å². The highest BCUT2D eigenvalue weighted by atomic mass is 19.1. The molecule has 2 aliphatic heterocycles. The van der Waals surface area contributed by atoms with Crippen LogP contribution in [0.5, 0.6) is 0 Å². The van der Waals surface area contributed by atoms with E-state index >= 15 is 0 Å². The summed E-state index contributed by atoms with van der Waals surface area (Å²) in [5.74, 6) is 0.428. The van der Waals surface area contributed by atoms with Crippen molar-refractivity contribution in [2.24, 2.45) is 0 Å². The fourth-order valence-electron chi connectivity index (χ4n) is 4.18. The highest BCUT2D eigenvalue weighted by Gasteiger charge is 2.30. The Labute approximate surface area is 168 Å². The van der Waals surface area contributed by atoms with Crippen molar-refractivity contribution < 1.29 is 18.5 Å². The number of carbonyl (C=O) groups is 2. The summed E-state index contributed by atoms with van der Waals surface area (Å²) in [6, 6.07) is 6.25. The minimum atomic E-state index is -0.403. The molecule has 2 saturated heterocycles. The van der Waals surface area contributed by atoms with Crippen LogP contribution in [0, 0.1) is 12.7 Å². The normalized spacial score (nSPS) is 20.1. The lowest BCUT2D eigenvalue weighted by Gasteiger charge is -2.26. The van der Waals surface area contributed by atoms with E-state index in [2.05, 4.69) is 10.5 Å². The Hall–Kier alpha value is -2.90. The summed E-state index contributed by atoms with van der Waals surface area (Å²) in [7, 11) is 0. The van der Waals surface area contributed by atoms with Gasteiger partial charge < -0.3 is 14.3 Å². The maximum absolute atomic E-state index is 14.0. The van der Waals surface area contributed by atoms with Gasteiger partial charge in [-0.05, 0) is 44.7 Å². The van der Waals surface area contributed by atoms with Crippen LogP contribution in [0.2, 0.25) is 0 Å². The second kappa shape index (κ2) is 8.23. The third-order valence-corrected chi connectivity index (χ3v) is 5.80. The van der Waals surface area contributed by atoms with Crippen molar-refractivity contribution in [3.8, 4) is 11.3 Å². The summed E-state index contributed by atoms with van der Waals surface area (Å²) in [6.07, 6.45) is 4.10. The first-order chi connectivity index (χ1) is 14.0. The van der Waals surface area contributed by atoms with E-state index in [1.807, 2.05) is 4.90 Å². The van der Waals surface area contributed by atoms with Crippen LogP contribution in [-0.4, -0.2) is 52.6 Å². The van der Waals surface area contributed by atoms with Gasteiger partial charge in [-0.15, -0.1) is 0 Å². The number of nitrogens with one attached hydrogen (secondary N) is 1. The largest absolute Gasteiger partial charge is 0.354 e. The van der Waals surface area contributed by atoms with E-state index in [9.17, 15) is 14.0 Å². The quantitative estimate of drug-likeness (QED) is 0.850. The molecule has 4 rings (SSSR count). The lowest BCUT2D eigenvalue weighted by Crippen LogP contribution is -2.39. The van der Waals surface area contributed by atoms with Gasteiger partial charge in [0, 0.05) is 37.7 Å². The Bertz CT molecular complexity index is 913. The van der Waals surface area contributed by atoms with Gasteiger partial charge in [-0.3, -0.25) is 10.1 Å². The van der Waals surface area contributed by atoms with Crippen LogP contribution in [-0.2, 0) is 4.79 Å².